The van der Waals surface area contributed by atoms with Crippen LogP contribution >= 0.6 is 0 Å². The maximum atomic E-state index is 14.1. The van der Waals surface area contributed by atoms with Crippen LogP contribution in [0.1, 0.15) is 53.3 Å². The Balaban J connectivity index is 1.20. The molecule has 7 rings (SSSR count). The fourth-order valence-corrected chi connectivity index (χ4v) is 7.72. The normalized spacial score (nSPS) is 13.3. The first-order valence-corrected chi connectivity index (χ1v) is 18.5. The van der Waals surface area contributed by atoms with Gasteiger partial charge >= 0.3 is 12.1 Å². The SMILES string of the molecule is COC(=O)[C@@H](NC(=O)[C@H](Cc1cn(C(c2ccccc2)(c2ccccc2)c2ccccc2)cn1)NC(=O)OCC1c2ccccc2-c2ccccc21)C(C)C. The van der Waals surface area contributed by atoms with E-state index in [1.54, 1.807) is 6.33 Å². The number of hydrogen-bond donors (Lipinski definition) is 2. The smallest absolute Gasteiger partial charge is 0.407 e. The van der Waals surface area contributed by atoms with E-state index in [-0.39, 0.29) is 24.9 Å². The molecule has 0 spiro atoms. The Morgan fingerprint density at radius 1 is 0.709 bits per heavy atom. The van der Waals surface area contributed by atoms with Crippen LogP contribution in [0.4, 0.5) is 4.79 Å². The Kier molecular flexibility index (Phi) is 10.9. The van der Waals surface area contributed by atoms with Gasteiger partial charge in [-0.2, -0.15) is 0 Å². The molecule has 2 N–H and O–H groups in total. The van der Waals surface area contributed by atoms with Gasteiger partial charge in [0.2, 0.25) is 5.91 Å². The van der Waals surface area contributed by atoms with E-state index < -0.39 is 35.6 Å². The average molecular weight is 733 g/mol. The molecular weight excluding hydrogens is 689 g/mol. The van der Waals surface area contributed by atoms with Crippen molar-refractivity contribution in [2.24, 2.45) is 5.92 Å². The summed E-state index contributed by atoms with van der Waals surface area (Å²) in [7, 11) is 1.28. The van der Waals surface area contributed by atoms with E-state index in [0.29, 0.717) is 5.69 Å². The molecule has 55 heavy (non-hydrogen) atoms. The summed E-state index contributed by atoms with van der Waals surface area (Å²) in [6.45, 7) is 3.70. The summed E-state index contributed by atoms with van der Waals surface area (Å²) >= 11 is 0. The lowest BCUT2D eigenvalue weighted by molar-refractivity contribution is -0.146. The number of aromatic nitrogens is 2. The van der Waals surface area contributed by atoms with E-state index in [9.17, 15) is 14.4 Å². The molecule has 0 saturated heterocycles. The second-order valence-electron chi connectivity index (χ2n) is 14.1. The van der Waals surface area contributed by atoms with Crippen molar-refractivity contribution < 1.29 is 23.9 Å². The molecule has 0 saturated carbocycles. The van der Waals surface area contributed by atoms with Gasteiger partial charge in [0.05, 0.1) is 19.1 Å². The summed E-state index contributed by atoms with van der Waals surface area (Å²) in [5, 5.41) is 5.62. The summed E-state index contributed by atoms with van der Waals surface area (Å²) in [5.74, 6) is -1.57. The van der Waals surface area contributed by atoms with Crippen LogP contribution in [0.3, 0.4) is 0 Å². The molecule has 278 valence electrons. The van der Waals surface area contributed by atoms with Crippen LogP contribution in [0, 0.1) is 5.92 Å². The molecule has 0 aliphatic heterocycles. The van der Waals surface area contributed by atoms with Gasteiger partial charge in [0.25, 0.3) is 0 Å². The van der Waals surface area contributed by atoms with Crippen LogP contribution in [0.25, 0.3) is 11.1 Å². The zero-order chi connectivity index (χ0) is 38.4. The number of methoxy groups -OCH3 is 1. The number of amides is 2. The topological polar surface area (TPSA) is 112 Å². The van der Waals surface area contributed by atoms with Crippen LogP contribution in [0.15, 0.2) is 152 Å². The van der Waals surface area contributed by atoms with Gasteiger partial charge in [-0.3, -0.25) is 4.79 Å². The summed E-state index contributed by atoms with van der Waals surface area (Å²) in [6, 6.07) is 44.7. The number of benzene rings is 5. The monoisotopic (exact) mass is 732 g/mol. The lowest BCUT2D eigenvalue weighted by Gasteiger charge is -2.37. The minimum atomic E-state index is -1.13. The van der Waals surface area contributed by atoms with Crippen LogP contribution in [-0.4, -0.2) is 53.3 Å². The highest BCUT2D eigenvalue weighted by atomic mass is 16.5. The molecule has 1 heterocycles. The maximum absolute atomic E-state index is 14.1. The predicted molar refractivity (Wildman–Crippen MR) is 211 cm³/mol. The van der Waals surface area contributed by atoms with Gasteiger partial charge in [0, 0.05) is 18.5 Å². The van der Waals surface area contributed by atoms with E-state index in [0.717, 1.165) is 38.9 Å². The van der Waals surface area contributed by atoms with E-state index >= 15 is 0 Å². The highest BCUT2D eigenvalue weighted by Gasteiger charge is 2.39. The van der Waals surface area contributed by atoms with E-state index in [1.807, 2.05) is 111 Å². The van der Waals surface area contributed by atoms with Crippen molar-refractivity contribution in [2.75, 3.05) is 13.7 Å². The molecule has 2 atom stereocenters. The summed E-state index contributed by atoms with van der Waals surface area (Å²) in [4.78, 5) is 45.2. The zero-order valence-electron chi connectivity index (χ0n) is 31.1. The van der Waals surface area contributed by atoms with E-state index in [2.05, 4.69) is 63.7 Å². The Bertz CT molecular complexity index is 2110. The number of alkyl carbamates (subject to hydrolysis) is 1. The third-order valence-corrected chi connectivity index (χ3v) is 10.4. The van der Waals surface area contributed by atoms with Crippen molar-refractivity contribution in [3.05, 3.63) is 186 Å². The number of rotatable bonds is 13. The van der Waals surface area contributed by atoms with Gasteiger partial charge in [-0.05, 0) is 44.9 Å². The molecule has 1 aromatic heterocycles. The minimum Gasteiger partial charge on any atom is -0.467 e. The number of nitrogens with zero attached hydrogens (tertiary/aromatic N) is 2. The van der Waals surface area contributed by atoms with Crippen LogP contribution < -0.4 is 10.6 Å². The molecule has 1 aliphatic rings. The number of hydrogen-bond acceptors (Lipinski definition) is 6. The highest BCUT2D eigenvalue weighted by molar-refractivity contribution is 5.90. The van der Waals surface area contributed by atoms with Gasteiger partial charge in [0.1, 0.15) is 24.2 Å². The Labute approximate surface area is 321 Å². The summed E-state index contributed by atoms with van der Waals surface area (Å²) < 4.78 is 12.9. The first-order valence-electron chi connectivity index (χ1n) is 18.5. The second-order valence-corrected chi connectivity index (χ2v) is 14.1. The first-order chi connectivity index (χ1) is 26.8. The third kappa shape index (κ3) is 7.38. The fraction of sp³-hybridized carbons (Fsp3) is 0.217. The Morgan fingerprint density at radius 3 is 1.69 bits per heavy atom. The third-order valence-electron chi connectivity index (χ3n) is 10.4. The number of carbonyl (C=O) groups is 3. The standard InChI is InChI=1S/C46H44N4O5/c1-31(2)42(44(52)54-3)49-43(51)41(48-45(53)55-29-40-38-25-15-13-23-36(38)37-24-14-16-26-39(37)40)27-35-28-50(30-47-35)46(32-17-7-4-8-18-32,33-19-9-5-10-20-33)34-21-11-6-12-22-34/h4-26,28,30-31,40-42H,27,29H2,1-3H3,(H,48,53)(H,49,51)/t41-,42-/m0/s1. The molecule has 5 aromatic carbocycles. The second kappa shape index (κ2) is 16.3. The van der Waals surface area contributed by atoms with Gasteiger partial charge in [-0.1, -0.05) is 153 Å². The number of carbonyl (C=O) groups excluding carboxylic acids is 3. The van der Waals surface area contributed by atoms with E-state index in [4.69, 9.17) is 14.5 Å². The lowest BCUT2D eigenvalue weighted by atomic mass is 9.77. The van der Waals surface area contributed by atoms with Gasteiger partial charge in [-0.15, -0.1) is 0 Å². The van der Waals surface area contributed by atoms with Crippen molar-refractivity contribution in [1.82, 2.24) is 20.2 Å². The molecule has 0 unspecified atom stereocenters. The number of esters is 1. The number of imidazole rings is 1. The Morgan fingerprint density at radius 2 is 1.20 bits per heavy atom. The molecule has 9 heteroatoms. The van der Waals surface area contributed by atoms with Crippen molar-refractivity contribution in [3.8, 4) is 11.1 Å². The van der Waals surface area contributed by atoms with Crippen molar-refractivity contribution in [3.63, 3.8) is 0 Å². The quantitative estimate of drug-likeness (QED) is 0.0941. The molecular formula is C46H44N4O5. The molecule has 9 nitrogen and oxygen atoms in total. The molecule has 2 amide bonds. The highest BCUT2D eigenvalue weighted by Crippen LogP contribution is 2.45. The van der Waals surface area contributed by atoms with Gasteiger partial charge < -0.3 is 24.7 Å². The van der Waals surface area contributed by atoms with Crippen LogP contribution in [0.5, 0.6) is 0 Å². The van der Waals surface area contributed by atoms with Crippen LogP contribution in [-0.2, 0) is 31.0 Å². The number of ether oxygens (including phenoxy) is 2. The van der Waals surface area contributed by atoms with Gasteiger partial charge in [-0.25, -0.2) is 14.6 Å². The van der Waals surface area contributed by atoms with Gasteiger partial charge in [0.15, 0.2) is 0 Å². The summed E-state index contributed by atoms with van der Waals surface area (Å²) in [5.41, 5.74) is 7.15. The van der Waals surface area contributed by atoms with Crippen molar-refractivity contribution in [1.29, 1.82) is 0 Å². The summed E-state index contributed by atoms with van der Waals surface area (Å²) in [6.07, 6.45) is 2.93. The zero-order valence-corrected chi connectivity index (χ0v) is 31.1. The molecule has 0 bridgehead atoms. The molecule has 0 radical (unpaired) electrons. The largest absolute Gasteiger partial charge is 0.467 e. The lowest BCUT2D eigenvalue weighted by Crippen LogP contribution is -2.54. The van der Waals surface area contributed by atoms with Crippen molar-refractivity contribution in [2.45, 2.75) is 43.8 Å². The molecule has 1 aliphatic carbocycles. The minimum absolute atomic E-state index is 0.0173. The predicted octanol–water partition coefficient (Wildman–Crippen LogP) is 7.49. The first kappa shape index (κ1) is 36.9. The van der Waals surface area contributed by atoms with Crippen molar-refractivity contribution >= 4 is 18.0 Å². The van der Waals surface area contributed by atoms with E-state index in [1.165, 1.54) is 7.11 Å². The molecule has 0 fully saturated rings. The number of fused-ring (bicyclic) bond motifs is 3. The number of nitrogens with one attached hydrogen (secondary N) is 2. The average Bonchev–Trinajstić information content (AvgIpc) is 3.82. The maximum Gasteiger partial charge on any atom is 0.407 e. The van der Waals surface area contributed by atoms with Crippen LogP contribution in [0.2, 0.25) is 0 Å². The fourth-order valence-electron chi connectivity index (χ4n) is 7.72. The Hall–Kier alpha value is -6.48. The molecule has 6 aromatic rings.